The standard InChI is InChI=1S/C11H8N4/c12-15-14-11-6-2-1-5-10(11)9-4-3-7-13-8-9/h1-8H. The quantitative estimate of drug-likeness (QED) is 0.410. The number of azide groups is 1. The number of rotatable bonds is 2. The fraction of sp³-hybridized carbons (Fsp3) is 0. The van der Waals surface area contributed by atoms with Crippen molar-refractivity contribution in [2.75, 3.05) is 0 Å². The molecule has 0 amide bonds. The van der Waals surface area contributed by atoms with Gasteiger partial charge in [-0.25, -0.2) is 0 Å². The predicted molar refractivity (Wildman–Crippen MR) is 58.5 cm³/mol. The van der Waals surface area contributed by atoms with Crippen molar-refractivity contribution in [3.05, 3.63) is 59.2 Å². The molecule has 0 bridgehead atoms. The maximum atomic E-state index is 8.43. The van der Waals surface area contributed by atoms with Crippen molar-refractivity contribution in [3.8, 4) is 11.1 Å². The summed E-state index contributed by atoms with van der Waals surface area (Å²) in [5.74, 6) is 0. The molecule has 2 rings (SSSR count). The van der Waals surface area contributed by atoms with Gasteiger partial charge in [-0.2, -0.15) is 0 Å². The first-order valence-corrected chi connectivity index (χ1v) is 4.46. The normalized spacial score (nSPS) is 9.33. The molecule has 0 atom stereocenters. The highest BCUT2D eigenvalue weighted by Crippen LogP contribution is 2.29. The predicted octanol–water partition coefficient (Wildman–Crippen LogP) is 3.69. The first-order valence-electron chi connectivity index (χ1n) is 4.46. The van der Waals surface area contributed by atoms with Gasteiger partial charge in [0, 0.05) is 28.6 Å². The van der Waals surface area contributed by atoms with E-state index in [9.17, 15) is 0 Å². The summed E-state index contributed by atoms with van der Waals surface area (Å²) in [7, 11) is 0. The van der Waals surface area contributed by atoms with Gasteiger partial charge in [0.1, 0.15) is 0 Å². The minimum Gasteiger partial charge on any atom is -0.264 e. The van der Waals surface area contributed by atoms with Gasteiger partial charge in [-0.15, -0.1) is 0 Å². The van der Waals surface area contributed by atoms with Gasteiger partial charge in [0.2, 0.25) is 0 Å². The number of aromatic nitrogens is 1. The van der Waals surface area contributed by atoms with Gasteiger partial charge < -0.3 is 0 Å². The molecule has 0 aliphatic rings. The van der Waals surface area contributed by atoms with Crippen LogP contribution in [0, 0.1) is 0 Å². The van der Waals surface area contributed by atoms with Crippen LogP contribution in [0.25, 0.3) is 21.6 Å². The lowest BCUT2D eigenvalue weighted by Gasteiger charge is -2.03. The Bertz CT molecular complexity index is 501. The van der Waals surface area contributed by atoms with E-state index in [1.54, 1.807) is 18.5 Å². The largest absolute Gasteiger partial charge is 0.264 e. The highest BCUT2D eigenvalue weighted by Gasteiger charge is 2.01. The van der Waals surface area contributed by atoms with Crippen LogP contribution in [0.5, 0.6) is 0 Å². The van der Waals surface area contributed by atoms with Crippen LogP contribution in [0.1, 0.15) is 0 Å². The summed E-state index contributed by atoms with van der Waals surface area (Å²) < 4.78 is 0. The molecule has 0 radical (unpaired) electrons. The molecule has 15 heavy (non-hydrogen) atoms. The summed E-state index contributed by atoms with van der Waals surface area (Å²) in [5, 5.41) is 3.64. The third-order valence-electron chi connectivity index (χ3n) is 2.03. The average molecular weight is 196 g/mol. The summed E-state index contributed by atoms with van der Waals surface area (Å²) in [5.41, 5.74) is 10.9. The highest BCUT2D eigenvalue weighted by molar-refractivity contribution is 5.74. The first-order chi connectivity index (χ1) is 7.42. The molecule has 1 heterocycles. The summed E-state index contributed by atoms with van der Waals surface area (Å²) in [6.07, 6.45) is 3.45. The number of nitrogens with zero attached hydrogens (tertiary/aromatic N) is 4. The lowest BCUT2D eigenvalue weighted by Crippen LogP contribution is -1.79. The number of pyridine rings is 1. The minimum atomic E-state index is 0.619. The van der Waals surface area contributed by atoms with Crippen LogP contribution in [-0.2, 0) is 0 Å². The lowest BCUT2D eigenvalue weighted by atomic mass is 10.1. The molecule has 0 aliphatic carbocycles. The monoisotopic (exact) mass is 196 g/mol. The Hall–Kier alpha value is -2.32. The second-order valence-corrected chi connectivity index (χ2v) is 2.95. The number of benzene rings is 1. The van der Waals surface area contributed by atoms with Crippen molar-refractivity contribution in [3.63, 3.8) is 0 Å². The molecule has 1 aromatic carbocycles. The van der Waals surface area contributed by atoms with E-state index >= 15 is 0 Å². The smallest absolute Gasteiger partial charge is 0.0454 e. The van der Waals surface area contributed by atoms with Crippen molar-refractivity contribution in [1.82, 2.24) is 4.98 Å². The Balaban J connectivity index is 2.58. The van der Waals surface area contributed by atoms with E-state index < -0.39 is 0 Å². The van der Waals surface area contributed by atoms with Gasteiger partial charge >= 0.3 is 0 Å². The Morgan fingerprint density at radius 3 is 2.73 bits per heavy atom. The van der Waals surface area contributed by atoms with Gasteiger partial charge in [-0.05, 0) is 17.2 Å². The molecular formula is C11H8N4. The van der Waals surface area contributed by atoms with Gasteiger partial charge in [0.15, 0.2) is 0 Å². The molecule has 4 heteroatoms. The summed E-state index contributed by atoms with van der Waals surface area (Å²) >= 11 is 0. The second-order valence-electron chi connectivity index (χ2n) is 2.95. The summed E-state index contributed by atoms with van der Waals surface area (Å²) in [4.78, 5) is 6.82. The summed E-state index contributed by atoms with van der Waals surface area (Å²) in [6.45, 7) is 0. The zero-order valence-electron chi connectivity index (χ0n) is 7.91. The molecule has 4 nitrogen and oxygen atoms in total. The average Bonchev–Trinajstić information content (AvgIpc) is 2.31. The fourth-order valence-electron chi connectivity index (χ4n) is 1.38. The first kappa shape index (κ1) is 9.24. The van der Waals surface area contributed by atoms with Crippen LogP contribution >= 0.6 is 0 Å². The lowest BCUT2D eigenvalue weighted by molar-refractivity contribution is 1.32. The van der Waals surface area contributed by atoms with E-state index in [-0.39, 0.29) is 0 Å². The molecule has 0 spiro atoms. The van der Waals surface area contributed by atoms with Crippen molar-refractivity contribution in [2.45, 2.75) is 0 Å². The maximum Gasteiger partial charge on any atom is 0.0454 e. The number of hydrogen-bond acceptors (Lipinski definition) is 2. The Kier molecular flexibility index (Phi) is 2.63. The second kappa shape index (κ2) is 4.26. The van der Waals surface area contributed by atoms with E-state index in [0.29, 0.717) is 5.69 Å². The third kappa shape index (κ3) is 1.95. The van der Waals surface area contributed by atoms with Crippen LogP contribution in [0.2, 0.25) is 0 Å². The van der Waals surface area contributed by atoms with Gasteiger partial charge in [-0.3, -0.25) is 4.98 Å². The van der Waals surface area contributed by atoms with Crippen LogP contribution in [0.4, 0.5) is 5.69 Å². The summed E-state index contributed by atoms with van der Waals surface area (Å²) in [6, 6.07) is 11.2. The van der Waals surface area contributed by atoms with Crippen molar-refractivity contribution >= 4 is 5.69 Å². The topological polar surface area (TPSA) is 61.7 Å². The van der Waals surface area contributed by atoms with Crippen molar-refractivity contribution in [2.24, 2.45) is 5.11 Å². The fourth-order valence-corrected chi connectivity index (χ4v) is 1.38. The van der Waals surface area contributed by atoms with E-state index in [2.05, 4.69) is 15.0 Å². The molecule has 0 N–H and O–H groups in total. The van der Waals surface area contributed by atoms with Crippen LogP contribution < -0.4 is 0 Å². The molecule has 1 aromatic heterocycles. The Labute approximate surface area is 86.8 Å². The van der Waals surface area contributed by atoms with Crippen LogP contribution in [-0.4, -0.2) is 4.98 Å². The van der Waals surface area contributed by atoms with Gasteiger partial charge in [0.05, 0.1) is 0 Å². The van der Waals surface area contributed by atoms with Crippen molar-refractivity contribution < 1.29 is 0 Å². The zero-order chi connectivity index (χ0) is 10.5. The molecule has 0 aliphatic heterocycles. The van der Waals surface area contributed by atoms with E-state index in [1.807, 2.05) is 30.3 Å². The molecule has 2 aromatic rings. The highest BCUT2D eigenvalue weighted by atomic mass is 15.1. The maximum absolute atomic E-state index is 8.43. The van der Waals surface area contributed by atoms with Gasteiger partial charge in [0.25, 0.3) is 0 Å². The number of hydrogen-bond donors (Lipinski definition) is 0. The Morgan fingerprint density at radius 2 is 2.00 bits per heavy atom. The molecular weight excluding hydrogens is 188 g/mol. The van der Waals surface area contributed by atoms with Crippen molar-refractivity contribution in [1.29, 1.82) is 0 Å². The molecule has 0 saturated carbocycles. The SMILES string of the molecule is [N-]=[N+]=Nc1ccccc1-c1cccnc1. The van der Waals surface area contributed by atoms with E-state index in [1.165, 1.54) is 0 Å². The van der Waals surface area contributed by atoms with Gasteiger partial charge in [-0.1, -0.05) is 35.4 Å². The molecule has 72 valence electrons. The zero-order valence-corrected chi connectivity index (χ0v) is 7.91. The third-order valence-corrected chi connectivity index (χ3v) is 2.03. The van der Waals surface area contributed by atoms with Crippen LogP contribution in [0.3, 0.4) is 0 Å². The minimum absolute atomic E-state index is 0.619. The molecule has 0 fully saturated rings. The molecule has 0 unspecified atom stereocenters. The molecule has 0 saturated heterocycles. The van der Waals surface area contributed by atoms with E-state index in [0.717, 1.165) is 11.1 Å². The Morgan fingerprint density at radius 1 is 1.13 bits per heavy atom. The van der Waals surface area contributed by atoms with E-state index in [4.69, 9.17) is 5.53 Å². The van der Waals surface area contributed by atoms with Crippen LogP contribution in [0.15, 0.2) is 53.9 Å².